The standard InChI is InChI=1S/C17H16FN3OS/c18-13-6-2-1-5-12(13)16(22)21-8-4-3-7-14(21)15-17-20(11-19-15)9-10-23-17/h1-2,5-6,9-11,14H,3-4,7-8H2/t14-/m0/s1. The zero-order valence-corrected chi connectivity index (χ0v) is 13.3. The van der Waals surface area contributed by atoms with E-state index in [1.165, 1.54) is 6.07 Å². The highest BCUT2D eigenvalue weighted by molar-refractivity contribution is 7.15. The van der Waals surface area contributed by atoms with Crippen molar-refractivity contribution in [2.24, 2.45) is 0 Å². The first-order valence-corrected chi connectivity index (χ1v) is 8.59. The van der Waals surface area contributed by atoms with Crippen LogP contribution in [0.15, 0.2) is 42.2 Å². The molecule has 3 heterocycles. The molecule has 1 fully saturated rings. The van der Waals surface area contributed by atoms with Gasteiger partial charge in [0.25, 0.3) is 5.91 Å². The fraction of sp³-hybridized carbons (Fsp3) is 0.294. The number of hydrogen-bond acceptors (Lipinski definition) is 3. The molecule has 1 atom stereocenters. The lowest BCUT2D eigenvalue weighted by Crippen LogP contribution is -2.39. The first kappa shape index (κ1) is 14.4. The zero-order valence-electron chi connectivity index (χ0n) is 12.5. The summed E-state index contributed by atoms with van der Waals surface area (Å²) in [5, 5.41) is 2.01. The average Bonchev–Trinajstić information content (AvgIpc) is 3.18. The lowest BCUT2D eigenvalue weighted by atomic mass is 9.98. The third-order valence-corrected chi connectivity index (χ3v) is 5.26. The molecular weight excluding hydrogens is 313 g/mol. The van der Waals surface area contributed by atoms with Crippen LogP contribution >= 0.6 is 11.3 Å². The van der Waals surface area contributed by atoms with E-state index < -0.39 is 5.82 Å². The van der Waals surface area contributed by atoms with E-state index in [2.05, 4.69) is 4.98 Å². The third kappa shape index (κ3) is 2.43. The molecule has 0 N–H and O–H groups in total. The molecular formula is C17H16FN3OS. The van der Waals surface area contributed by atoms with Crippen LogP contribution in [0.5, 0.6) is 0 Å². The SMILES string of the molecule is O=C(c1ccccc1F)N1CCCC[C@H]1c1ncn2ccsc12. The van der Waals surface area contributed by atoms with Gasteiger partial charge in [0.15, 0.2) is 0 Å². The number of carbonyl (C=O) groups is 1. The second-order valence-corrected chi connectivity index (χ2v) is 6.63. The van der Waals surface area contributed by atoms with Gasteiger partial charge in [-0.15, -0.1) is 11.3 Å². The van der Waals surface area contributed by atoms with Gasteiger partial charge in [0.1, 0.15) is 17.0 Å². The molecule has 0 spiro atoms. The molecule has 1 amide bonds. The molecule has 4 rings (SSSR count). The van der Waals surface area contributed by atoms with Crippen LogP contribution in [0.2, 0.25) is 0 Å². The molecule has 0 saturated carbocycles. The van der Waals surface area contributed by atoms with Gasteiger partial charge in [-0.05, 0) is 31.4 Å². The van der Waals surface area contributed by atoms with Gasteiger partial charge in [-0.1, -0.05) is 12.1 Å². The number of nitrogens with zero attached hydrogens (tertiary/aromatic N) is 3. The predicted molar refractivity (Wildman–Crippen MR) is 87.1 cm³/mol. The number of thiazole rings is 1. The van der Waals surface area contributed by atoms with E-state index in [0.717, 1.165) is 29.8 Å². The first-order valence-electron chi connectivity index (χ1n) is 7.71. The van der Waals surface area contributed by atoms with Gasteiger partial charge in [-0.3, -0.25) is 9.20 Å². The van der Waals surface area contributed by atoms with E-state index in [0.29, 0.717) is 6.54 Å². The molecule has 118 valence electrons. The van der Waals surface area contributed by atoms with E-state index in [4.69, 9.17) is 0 Å². The van der Waals surface area contributed by atoms with Crippen LogP contribution in [0.4, 0.5) is 4.39 Å². The Balaban J connectivity index is 1.72. The Bertz CT molecular complexity index is 856. The van der Waals surface area contributed by atoms with Crippen molar-refractivity contribution in [3.8, 4) is 0 Å². The Labute approximate surface area is 137 Å². The quantitative estimate of drug-likeness (QED) is 0.715. The Morgan fingerprint density at radius 1 is 1.30 bits per heavy atom. The molecule has 0 bridgehead atoms. The lowest BCUT2D eigenvalue weighted by Gasteiger charge is -2.35. The molecule has 2 aromatic heterocycles. The van der Waals surface area contributed by atoms with Gasteiger partial charge in [-0.25, -0.2) is 9.37 Å². The van der Waals surface area contributed by atoms with Crippen LogP contribution < -0.4 is 0 Å². The minimum absolute atomic E-state index is 0.0838. The van der Waals surface area contributed by atoms with Gasteiger partial charge in [0, 0.05) is 18.1 Å². The molecule has 4 nitrogen and oxygen atoms in total. The predicted octanol–water partition coefficient (Wildman–Crippen LogP) is 3.90. The summed E-state index contributed by atoms with van der Waals surface area (Å²) < 4.78 is 16.0. The number of benzene rings is 1. The Hall–Kier alpha value is -2.21. The van der Waals surface area contributed by atoms with Crippen LogP contribution in [0.1, 0.15) is 41.4 Å². The molecule has 3 aromatic rings. The third-order valence-electron chi connectivity index (χ3n) is 4.36. The van der Waals surface area contributed by atoms with Crippen molar-refractivity contribution in [1.82, 2.24) is 14.3 Å². The molecule has 23 heavy (non-hydrogen) atoms. The number of halogens is 1. The lowest BCUT2D eigenvalue weighted by molar-refractivity contribution is 0.0604. The highest BCUT2D eigenvalue weighted by Gasteiger charge is 2.32. The number of piperidine rings is 1. The number of aromatic nitrogens is 2. The van der Waals surface area contributed by atoms with E-state index in [-0.39, 0.29) is 17.5 Å². The van der Waals surface area contributed by atoms with Crippen LogP contribution in [0.25, 0.3) is 4.83 Å². The zero-order chi connectivity index (χ0) is 15.8. The van der Waals surface area contributed by atoms with Crippen molar-refractivity contribution in [1.29, 1.82) is 0 Å². The summed E-state index contributed by atoms with van der Waals surface area (Å²) in [7, 11) is 0. The minimum atomic E-state index is -0.465. The monoisotopic (exact) mass is 329 g/mol. The number of imidazole rings is 1. The van der Waals surface area contributed by atoms with Crippen LogP contribution in [0.3, 0.4) is 0 Å². The number of carbonyl (C=O) groups excluding carboxylic acids is 1. The van der Waals surface area contributed by atoms with Crippen LogP contribution in [-0.4, -0.2) is 26.7 Å². The fourth-order valence-corrected chi connectivity index (χ4v) is 4.09. The molecule has 0 unspecified atom stereocenters. The minimum Gasteiger partial charge on any atom is -0.330 e. The molecule has 0 radical (unpaired) electrons. The number of likely N-dealkylation sites (tertiary alicyclic amines) is 1. The summed E-state index contributed by atoms with van der Waals surface area (Å²) in [6.45, 7) is 0.641. The Morgan fingerprint density at radius 2 is 2.17 bits per heavy atom. The highest BCUT2D eigenvalue weighted by atomic mass is 32.1. The number of rotatable bonds is 2. The fourth-order valence-electron chi connectivity index (χ4n) is 3.23. The smallest absolute Gasteiger partial charge is 0.257 e. The van der Waals surface area contributed by atoms with Crippen molar-refractivity contribution >= 4 is 22.1 Å². The van der Waals surface area contributed by atoms with Gasteiger partial charge in [0.2, 0.25) is 0 Å². The van der Waals surface area contributed by atoms with Crippen LogP contribution in [-0.2, 0) is 0 Å². The van der Waals surface area contributed by atoms with E-state index in [9.17, 15) is 9.18 Å². The Kier molecular flexibility index (Phi) is 3.61. The molecule has 0 aliphatic carbocycles. The summed E-state index contributed by atoms with van der Waals surface area (Å²) in [5.74, 6) is -0.710. The molecule has 1 aromatic carbocycles. The highest BCUT2D eigenvalue weighted by Crippen LogP contribution is 2.35. The van der Waals surface area contributed by atoms with E-state index in [1.54, 1.807) is 40.8 Å². The Morgan fingerprint density at radius 3 is 3.04 bits per heavy atom. The largest absolute Gasteiger partial charge is 0.330 e. The average molecular weight is 329 g/mol. The van der Waals surface area contributed by atoms with Crippen molar-refractivity contribution in [2.75, 3.05) is 6.54 Å². The molecule has 1 saturated heterocycles. The normalized spacial score (nSPS) is 18.5. The van der Waals surface area contributed by atoms with Gasteiger partial charge >= 0.3 is 0 Å². The molecule has 1 aliphatic heterocycles. The van der Waals surface area contributed by atoms with Gasteiger partial charge in [0.05, 0.1) is 17.3 Å². The van der Waals surface area contributed by atoms with Gasteiger partial charge < -0.3 is 4.90 Å². The van der Waals surface area contributed by atoms with E-state index >= 15 is 0 Å². The molecule has 6 heteroatoms. The maximum absolute atomic E-state index is 14.0. The first-order chi connectivity index (χ1) is 11.3. The number of amides is 1. The van der Waals surface area contributed by atoms with Crippen molar-refractivity contribution in [3.05, 3.63) is 59.2 Å². The summed E-state index contributed by atoms with van der Waals surface area (Å²) in [5.41, 5.74) is 1.06. The maximum atomic E-state index is 14.0. The van der Waals surface area contributed by atoms with Gasteiger partial charge in [-0.2, -0.15) is 0 Å². The maximum Gasteiger partial charge on any atom is 0.257 e. The second-order valence-electron chi connectivity index (χ2n) is 5.74. The van der Waals surface area contributed by atoms with E-state index in [1.807, 2.05) is 16.0 Å². The summed E-state index contributed by atoms with van der Waals surface area (Å²) in [6.07, 6.45) is 6.60. The topological polar surface area (TPSA) is 37.6 Å². The van der Waals surface area contributed by atoms with Crippen LogP contribution in [0, 0.1) is 5.82 Å². The molecule has 1 aliphatic rings. The summed E-state index contributed by atoms with van der Waals surface area (Å²) in [4.78, 5) is 20.2. The second kappa shape index (κ2) is 5.77. The van der Waals surface area contributed by atoms with Crippen molar-refractivity contribution < 1.29 is 9.18 Å². The number of hydrogen-bond donors (Lipinski definition) is 0. The number of fused-ring (bicyclic) bond motifs is 1. The summed E-state index contributed by atoms with van der Waals surface area (Å²) >= 11 is 1.62. The van der Waals surface area contributed by atoms with Crippen molar-refractivity contribution in [3.63, 3.8) is 0 Å². The summed E-state index contributed by atoms with van der Waals surface area (Å²) in [6, 6.07) is 6.10. The van der Waals surface area contributed by atoms with Crippen molar-refractivity contribution in [2.45, 2.75) is 25.3 Å².